The third kappa shape index (κ3) is 4.03. The van der Waals surface area contributed by atoms with Gasteiger partial charge in [-0.25, -0.2) is 4.98 Å². The molecule has 1 aliphatic heterocycles. The van der Waals surface area contributed by atoms with Crippen molar-refractivity contribution in [2.24, 2.45) is 5.73 Å². The summed E-state index contributed by atoms with van der Waals surface area (Å²) < 4.78 is 0. The molecule has 1 fully saturated rings. The zero-order valence-corrected chi connectivity index (χ0v) is 11.2. The van der Waals surface area contributed by atoms with Crippen LogP contribution in [0.4, 0.5) is 0 Å². The Morgan fingerprint density at radius 1 is 1.59 bits per heavy atom. The summed E-state index contributed by atoms with van der Waals surface area (Å²) in [6, 6.07) is 0.787. The summed E-state index contributed by atoms with van der Waals surface area (Å²) in [7, 11) is 0. The van der Waals surface area contributed by atoms with Crippen molar-refractivity contribution in [2.45, 2.75) is 31.8 Å². The van der Waals surface area contributed by atoms with Gasteiger partial charge in [0.2, 0.25) is 0 Å². The number of hydrogen-bond acceptors (Lipinski definition) is 5. The molecular formula is C12H22N4S. The van der Waals surface area contributed by atoms with E-state index >= 15 is 0 Å². The number of aromatic nitrogens is 1. The van der Waals surface area contributed by atoms with Crippen LogP contribution in [0, 0.1) is 0 Å². The van der Waals surface area contributed by atoms with Crippen molar-refractivity contribution >= 4 is 11.3 Å². The number of likely N-dealkylation sites (tertiary alicyclic amines) is 1. The Bertz CT molecular complexity index is 306. The number of nitrogens with zero attached hydrogens (tertiary/aromatic N) is 2. The zero-order chi connectivity index (χ0) is 12.1. The predicted octanol–water partition coefficient (Wildman–Crippen LogP) is 1.22. The maximum absolute atomic E-state index is 5.89. The second kappa shape index (κ2) is 6.44. The van der Waals surface area contributed by atoms with E-state index in [4.69, 9.17) is 5.73 Å². The first kappa shape index (κ1) is 13.0. The van der Waals surface area contributed by atoms with Crippen LogP contribution in [-0.4, -0.2) is 42.1 Å². The second-order valence-electron chi connectivity index (χ2n) is 4.73. The van der Waals surface area contributed by atoms with Crippen LogP contribution in [0.1, 0.15) is 30.8 Å². The fourth-order valence-electron chi connectivity index (χ4n) is 2.15. The summed E-state index contributed by atoms with van der Waals surface area (Å²) in [6.45, 7) is 6.60. The quantitative estimate of drug-likeness (QED) is 0.829. The van der Waals surface area contributed by atoms with Crippen LogP contribution in [0.5, 0.6) is 0 Å². The molecule has 5 heteroatoms. The Morgan fingerprint density at radius 3 is 3.00 bits per heavy atom. The normalized spacial score (nSPS) is 20.6. The average Bonchev–Trinajstić information content (AvgIpc) is 2.85. The van der Waals surface area contributed by atoms with Crippen LogP contribution in [0.2, 0.25) is 0 Å². The van der Waals surface area contributed by atoms with Crippen molar-refractivity contribution in [3.63, 3.8) is 0 Å². The van der Waals surface area contributed by atoms with Crippen molar-refractivity contribution in [1.29, 1.82) is 0 Å². The fraction of sp³-hybridized carbons (Fsp3) is 0.750. The molecule has 1 aromatic heterocycles. The van der Waals surface area contributed by atoms with Gasteiger partial charge >= 0.3 is 0 Å². The molecule has 0 saturated carbocycles. The van der Waals surface area contributed by atoms with Gasteiger partial charge in [-0.3, -0.25) is 0 Å². The van der Waals surface area contributed by atoms with Crippen LogP contribution < -0.4 is 11.1 Å². The molecule has 0 bridgehead atoms. The van der Waals surface area contributed by atoms with Gasteiger partial charge in [0, 0.05) is 30.7 Å². The highest BCUT2D eigenvalue weighted by Gasteiger charge is 2.15. The van der Waals surface area contributed by atoms with Crippen LogP contribution in [0.3, 0.4) is 0 Å². The highest BCUT2D eigenvalue weighted by atomic mass is 32.1. The first-order valence-electron chi connectivity index (χ1n) is 6.36. The molecule has 2 rings (SSSR count). The van der Waals surface area contributed by atoms with Crippen LogP contribution in [-0.2, 0) is 0 Å². The molecular weight excluding hydrogens is 232 g/mol. The smallest absolute Gasteiger partial charge is 0.109 e. The lowest BCUT2D eigenvalue weighted by molar-refractivity contribution is 0.212. The first-order valence-corrected chi connectivity index (χ1v) is 7.24. The van der Waals surface area contributed by atoms with Crippen molar-refractivity contribution < 1.29 is 0 Å². The van der Waals surface area contributed by atoms with Crippen molar-refractivity contribution in [3.05, 3.63) is 16.6 Å². The molecule has 4 nitrogen and oxygen atoms in total. The monoisotopic (exact) mass is 254 g/mol. The Kier molecular flexibility index (Phi) is 4.91. The standard InChI is InChI=1S/C12H22N4S/c1-10(12-15-5-9-17-12)14-4-8-16-6-2-11(13)3-7-16/h5,9-11,14H,2-4,6-8,13H2,1H3. The van der Waals surface area contributed by atoms with Gasteiger partial charge in [0.25, 0.3) is 0 Å². The minimum absolute atomic E-state index is 0.363. The highest BCUT2D eigenvalue weighted by molar-refractivity contribution is 7.09. The van der Waals surface area contributed by atoms with E-state index in [0.29, 0.717) is 12.1 Å². The lowest BCUT2D eigenvalue weighted by Crippen LogP contribution is -2.42. The third-order valence-corrected chi connectivity index (χ3v) is 4.29. The molecule has 96 valence electrons. The Balaban J connectivity index is 1.63. The molecule has 0 spiro atoms. The second-order valence-corrected chi connectivity index (χ2v) is 5.65. The Hall–Kier alpha value is -0.490. The summed E-state index contributed by atoms with van der Waals surface area (Å²) in [5, 5.41) is 6.72. The van der Waals surface area contributed by atoms with Gasteiger partial charge in [0.05, 0.1) is 6.04 Å². The summed E-state index contributed by atoms with van der Waals surface area (Å²) in [5.41, 5.74) is 5.89. The van der Waals surface area contributed by atoms with Crippen LogP contribution >= 0.6 is 11.3 Å². The highest BCUT2D eigenvalue weighted by Crippen LogP contribution is 2.14. The lowest BCUT2D eigenvalue weighted by atomic mass is 10.1. The maximum atomic E-state index is 5.89. The number of rotatable bonds is 5. The predicted molar refractivity (Wildman–Crippen MR) is 72.2 cm³/mol. The van der Waals surface area contributed by atoms with Gasteiger partial charge in [-0.05, 0) is 32.9 Å². The van der Waals surface area contributed by atoms with E-state index in [1.807, 2.05) is 11.6 Å². The van der Waals surface area contributed by atoms with Crippen molar-refractivity contribution in [3.8, 4) is 0 Å². The number of nitrogens with one attached hydrogen (secondary N) is 1. The number of hydrogen-bond donors (Lipinski definition) is 2. The molecule has 1 aromatic rings. The van der Waals surface area contributed by atoms with Crippen molar-refractivity contribution in [2.75, 3.05) is 26.2 Å². The molecule has 0 aromatic carbocycles. The molecule has 0 radical (unpaired) electrons. The topological polar surface area (TPSA) is 54.2 Å². The maximum Gasteiger partial charge on any atom is 0.109 e. The SMILES string of the molecule is CC(NCCN1CCC(N)CC1)c1nccs1. The van der Waals surface area contributed by atoms with Crippen LogP contribution in [0.15, 0.2) is 11.6 Å². The summed E-state index contributed by atoms with van der Waals surface area (Å²) in [5.74, 6) is 0. The minimum atomic E-state index is 0.363. The average molecular weight is 254 g/mol. The van der Waals surface area contributed by atoms with Gasteiger partial charge in [0.1, 0.15) is 5.01 Å². The largest absolute Gasteiger partial charge is 0.328 e. The molecule has 0 aliphatic carbocycles. The van der Waals surface area contributed by atoms with Gasteiger partial charge in [-0.15, -0.1) is 11.3 Å². The Morgan fingerprint density at radius 2 is 2.35 bits per heavy atom. The van der Waals surface area contributed by atoms with E-state index in [0.717, 1.165) is 39.0 Å². The molecule has 1 aliphatic rings. The lowest BCUT2D eigenvalue weighted by Gasteiger charge is -2.30. The molecule has 1 atom stereocenters. The number of nitrogens with two attached hydrogens (primary N) is 1. The molecule has 3 N–H and O–H groups in total. The molecule has 2 heterocycles. The third-order valence-electron chi connectivity index (χ3n) is 3.33. The van der Waals surface area contributed by atoms with E-state index in [2.05, 4.69) is 22.1 Å². The number of piperidine rings is 1. The molecule has 0 amide bonds. The summed E-state index contributed by atoms with van der Waals surface area (Å²) in [6.07, 6.45) is 4.15. The molecule has 1 saturated heterocycles. The van der Waals surface area contributed by atoms with E-state index < -0.39 is 0 Å². The zero-order valence-electron chi connectivity index (χ0n) is 10.4. The fourth-order valence-corrected chi connectivity index (χ4v) is 2.82. The van der Waals surface area contributed by atoms with Gasteiger partial charge < -0.3 is 16.0 Å². The van der Waals surface area contributed by atoms with Crippen molar-refractivity contribution in [1.82, 2.24) is 15.2 Å². The Labute approximate surface area is 107 Å². The molecule has 17 heavy (non-hydrogen) atoms. The van der Waals surface area contributed by atoms with E-state index in [1.54, 1.807) is 11.3 Å². The van der Waals surface area contributed by atoms with Gasteiger partial charge in [0.15, 0.2) is 0 Å². The van der Waals surface area contributed by atoms with Crippen LogP contribution in [0.25, 0.3) is 0 Å². The van der Waals surface area contributed by atoms with E-state index in [9.17, 15) is 0 Å². The summed E-state index contributed by atoms with van der Waals surface area (Å²) >= 11 is 1.71. The van der Waals surface area contributed by atoms with E-state index in [-0.39, 0.29) is 0 Å². The van der Waals surface area contributed by atoms with E-state index in [1.165, 1.54) is 5.01 Å². The van der Waals surface area contributed by atoms with Gasteiger partial charge in [-0.1, -0.05) is 0 Å². The first-order chi connectivity index (χ1) is 8.25. The summed E-state index contributed by atoms with van der Waals surface area (Å²) in [4.78, 5) is 6.81. The molecule has 1 unspecified atom stereocenters. The number of thiazole rings is 1. The van der Waals surface area contributed by atoms with Gasteiger partial charge in [-0.2, -0.15) is 0 Å². The minimum Gasteiger partial charge on any atom is -0.328 e.